The van der Waals surface area contributed by atoms with Gasteiger partial charge in [-0.3, -0.25) is 0 Å². The highest BCUT2D eigenvalue weighted by Crippen LogP contribution is 2.14. The standard InChI is InChI=1S/C12H24N6/c1-8(2)10(7-18(4)5)16-11-6-12(17-13)15-9(3)14-11/h6,8,10H,7,13H2,1-5H3,(H2,14,15,16,17). The molecule has 0 aliphatic heterocycles. The summed E-state index contributed by atoms with van der Waals surface area (Å²) in [6.07, 6.45) is 0. The molecule has 1 rings (SSSR count). The average molecular weight is 252 g/mol. The molecule has 0 fully saturated rings. The molecule has 0 radical (unpaired) electrons. The van der Waals surface area contributed by atoms with Crippen LogP contribution in [0.25, 0.3) is 0 Å². The number of nitrogens with zero attached hydrogens (tertiary/aromatic N) is 3. The van der Waals surface area contributed by atoms with E-state index in [9.17, 15) is 0 Å². The van der Waals surface area contributed by atoms with Crippen LogP contribution in [-0.2, 0) is 0 Å². The Morgan fingerprint density at radius 3 is 2.39 bits per heavy atom. The topological polar surface area (TPSA) is 79.1 Å². The smallest absolute Gasteiger partial charge is 0.145 e. The van der Waals surface area contributed by atoms with Crippen LogP contribution >= 0.6 is 0 Å². The lowest BCUT2D eigenvalue weighted by molar-refractivity contribution is 0.344. The molecule has 1 aromatic rings. The van der Waals surface area contributed by atoms with Crippen molar-refractivity contribution in [3.05, 3.63) is 11.9 Å². The van der Waals surface area contributed by atoms with Crippen molar-refractivity contribution < 1.29 is 0 Å². The summed E-state index contributed by atoms with van der Waals surface area (Å²) < 4.78 is 0. The third-order valence-corrected chi connectivity index (χ3v) is 2.69. The maximum atomic E-state index is 5.38. The number of nitrogen functional groups attached to an aromatic ring is 1. The zero-order valence-corrected chi connectivity index (χ0v) is 11.9. The average Bonchev–Trinajstić information content (AvgIpc) is 2.26. The van der Waals surface area contributed by atoms with E-state index in [0.29, 0.717) is 23.6 Å². The first-order valence-electron chi connectivity index (χ1n) is 6.16. The molecule has 0 bridgehead atoms. The third kappa shape index (κ3) is 4.46. The second kappa shape index (κ2) is 6.51. The summed E-state index contributed by atoms with van der Waals surface area (Å²) in [5.41, 5.74) is 2.55. The number of anilines is 2. The first kappa shape index (κ1) is 14.7. The van der Waals surface area contributed by atoms with Crippen molar-refractivity contribution in [1.82, 2.24) is 14.9 Å². The van der Waals surface area contributed by atoms with Crippen molar-refractivity contribution >= 4 is 11.6 Å². The summed E-state index contributed by atoms with van der Waals surface area (Å²) in [6.45, 7) is 7.18. The lowest BCUT2D eigenvalue weighted by Crippen LogP contribution is -2.36. The number of aryl methyl sites for hydroxylation is 1. The molecule has 0 aliphatic rings. The van der Waals surface area contributed by atoms with E-state index in [1.807, 2.05) is 13.0 Å². The van der Waals surface area contributed by atoms with E-state index in [1.165, 1.54) is 0 Å². The van der Waals surface area contributed by atoms with Crippen LogP contribution in [0.3, 0.4) is 0 Å². The molecule has 0 aromatic carbocycles. The Morgan fingerprint density at radius 1 is 1.28 bits per heavy atom. The number of likely N-dealkylation sites (N-methyl/N-ethyl adjacent to an activating group) is 1. The molecular formula is C12H24N6. The molecule has 1 heterocycles. The summed E-state index contributed by atoms with van der Waals surface area (Å²) in [4.78, 5) is 10.7. The van der Waals surface area contributed by atoms with Gasteiger partial charge >= 0.3 is 0 Å². The number of nitrogens with two attached hydrogens (primary N) is 1. The fraction of sp³-hybridized carbons (Fsp3) is 0.667. The molecule has 102 valence electrons. The van der Waals surface area contributed by atoms with Gasteiger partial charge in [-0.2, -0.15) is 0 Å². The van der Waals surface area contributed by atoms with Gasteiger partial charge in [0, 0.05) is 18.7 Å². The van der Waals surface area contributed by atoms with Gasteiger partial charge in [0.25, 0.3) is 0 Å². The van der Waals surface area contributed by atoms with Crippen molar-refractivity contribution in [3.63, 3.8) is 0 Å². The van der Waals surface area contributed by atoms with E-state index >= 15 is 0 Å². The SMILES string of the molecule is Cc1nc(NN)cc(NC(CN(C)C)C(C)C)n1. The summed E-state index contributed by atoms with van der Waals surface area (Å²) in [6, 6.07) is 2.15. The highest BCUT2D eigenvalue weighted by atomic mass is 15.3. The first-order chi connectivity index (χ1) is 8.42. The van der Waals surface area contributed by atoms with Gasteiger partial charge in [0.15, 0.2) is 0 Å². The Labute approximate surface area is 109 Å². The predicted molar refractivity (Wildman–Crippen MR) is 75.4 cm³/mol. The zero-order chi connectivity index (χ0) is 13.7. The van der Waals surface area contributed by atoms with Crippen LogP contribution in [0.1, 0.15) is 19.7 Å². The van der Waals surface area contributed by atoms with Gasteiger partial charge in [0.05, 0.1) is 0 Å². The van der Waals surface area contributed by atoms with Gasteiger partial charge in [-0.15, -0.1) is 0 Å². The van der Waals surface area contributed by atoms with E-state index in [-0.39, 0.29) is 0 Å². The summed E-state index contributed by atoms with van der Waals surface area (Å²) in [5, 5.41) is 3.44. The lowest BCUT2D eigenvalue weighted by Gasteiger charge is -2.26. The Bertz CT molecular complexity index is 377. The lowest BCUT2D eigenvalue weighted by atomic mass is 10.0. The minimum Gasteiger partial charge on any atom is -0.366 e. The minimum absolute atomic E-state index is 0.333. The molecule has 4 N–H and O–H groups in total. The Hall–Kier alpha value is -1.40. The normalized spacial score (nSPS) is 12.9. The van der Waals surface area contributed by atoms with Crippen molar-refractivity contribution in [3.8, 4) is 0 Å². The van der Waals surface area contributed by atoms with E-state index < -0.39 is 0 Å². The van der Waals surface area contributed by atoms with Crippen LogP contribution in [-0.4, -0.2) is 41.5 Å². The second-order valence-corrected chi connectivity index (χ2v) is 5.09. The summed E-state index contributed by atoms with van der Waals surface area (Å²) >= 11 is 0. The van der Waals surface area contributed by atoms with Gasteiger partial charge in [-0.25, -0.2) is 15.8 Å². The van der Waals surface area contributed by atoms with Crippen molar-refractivity contribution in [2.45, 2.75) is 26.8 Å². The second-order valence-electron chi connectivity index (χ2n) is 5.09. The molecular weight excluding hydrogens is 228 g/mol. The number of hydrogen-bond donors (Lipinski definition) is 3. The highest BCUT2D eigenvalue weighted by Gasteiger charge is 2.15. The molecule has 1 aromatic heterocycles. The molecule has 6 nitrogen and oxygen atoms in total. The fourth-order valence-corrected chi connectivity index (χ4v) is 1.72. The number of hydrogen-bond acceptors (Lipinski definition) is 6. The van der Waals surface area contributed by atoms with Crippen LogP contribution in [0.15, 0.2) is 6.07 Å². The van der Waals surface area contributed by atoms with Gasteiger partial charge in [-0.05, 0) is 26.9 Å². The maximum absolute atomic E-state index is 5.38. The molecule has 0 amide bonds. The molecule has 0 saturated carbocycles. The van der Waals surface area contributed by atoms with Crippen LogP contribution < -0.4 is 16.6 Å². The molecule has 0 saturated heterocycles. The summed E-state index contributed by atoms with van der Waals surface area (Å²) in [5.74, 6) is 8.01. The third-order valence-electron chi connectivity index (χ3n) is 2.69. The zero-order valence-electron chi connectivity index (χ0n) is 11.9. The van der Waals surface area contributed by atoms with Crippen molar-refractivity contribution in [1.29, 1.82) is 0 Å². The van der Waals surface area contributed by atoms with Crippen LogP contribution in [0.5, 0.6) is 0 Å². The molecule has 0 spiro atoms. The predicted octanol–water partition coefficient (Wildman–Crippen LogP) is 1.07. The van der Waals surface area contributed by atoms with Crippen LogP contribution in [0, 0.1) is 12.8 Å². The quantitative estimate of drug-likeness (QED) is 0.519. The van der Waals surface area contributed by atoms with E-state index in [1.54, 1.807) is 0 Å². The number of hydrazine groups is 1. The highest BCUT2D eigenvalue weighted by molar-refractivity contribution is 5.47. The largest absolute Gasteiger partial charge is 0.366 e. The number of nitrogens with one attached hydrogen (secondary N) is 2. The first-order valence-corrected chi connectivity index (χ1v) is 6.16. The van der Waals surface area contributed by atoms with Crippen molar-refractivity contribution in [2.75, 3.05) is 31.4 Å². The van der Waals surface area contributed by atoms with E-state index in [0.717, 1.165) is 12.4 Å². The molecule has 1 atom stereocenters. The monoisotopic (exact) mass is 252 g/mol. The van der Waals surface area contributed by atoms with E-state index in [4.69, 9.17) is 5.84 Å². The minimum atomic E-state index is 0.333. The Balaban J connectivity index is 2.82. The Morgan fingerprint density at radius 2 is 1.89 bits per heavy atom. The van der Waals surface area contributed by atoms with Gasteiger partial charge in [0.1, 0.15) is 17.5 Å². The maximum Gasteiger partial charge on any atom is 0.145 e. The van der Waals surface area contributed by atoms with Crippen LogP contribution in [0.2, 0.25) is 0 Å². The molecule has 1 unspecified atom stereocenters. The molecule has 0 aliphatic carbocycles. The van der Waals surface area contributed by atoms with Gasteiger partial charge in [-0.1, -0.05) is 13.8 Å². The number of rotatable bonds is 6. The number of aromatic nitrogens is 2. The van der Waals surface area contributed by atoms with E-state index in [2.05, 4.69) is 53.6 Å². The fourth-order valence-electron chi connectivity index (χ4n) is 1.72. The molecule has 6 heteroatoms. The summed E-state index contributed by atoms with van der Waals surface area (Å²) in [7, 11) is 4.13. The molecule has 18 heavy (non-hydrogen) atoms. The van der Waals surface area contributed by atoms with Gasteiger partial charge < -0.3 is 15.6 Å². The van der Waals surface area contributed by atoms with Crippen LogP contribution in [0.4, 0.5) is 11.6 Å². The van der Waals surface area contributed by atoms with Gasteiger partial charge in [0.2, 0.25) is 0 Å². The van der Waals surface area contributed by atoms with Crippen molar-refractivity contribution in [2.24, 2.45) is 11.8 Å². The Kier molecular flexibility index (Phi) is 5.30.